The number of nitrogens with one attached hydrogen (secondary N) is 1. The van der Waals surface area contributed by atoms with E-state index in [9.17, 15) is 9.59 Å². The summed E-state index contributed by atoms with van der Waals surface area (Å²) in [5, 5.41) is 3.39. The number of anilines is 3. The van der Waals surface area contributed by atoms with E-state index in [-0.39, 0.29) is 6.42 Å². The molecule has 1 aliphatic rings. The summed E-state index contributed by atoms with van der Waals surface area (Å²) < 4.78 is 5.15. The second-order valence-electron chi connectivity index (χ2n) is 6.77. The first-order valence-corrected chi connectivity index (χ1v) is 11.1. The summed E-state index contributed by atoms with van der Waals surface area (Å²) in [6.45, 7) is 0.0415. The average molecular weight is 473 g/mol. The molecule has 8 heteroatoms. The van der Waals surface area contributed by atoms with Crippen LogP contribution in [0, 0.1) is 0 Å². The highest BCUT2D eigenvalue weighted by Crippen LogP contribution is 2.47. The smallest absolute Gasteiger partial charge is 0.308 e. The molecule has 158 valence electrons. The number of amides is 1. The standard InChI is InChI=1S/C23H18Cl2N2O3S/c24-15-9-10-16(25)17(13-15)26-22(28)14-30-23(29)11-12-27-18-5-1-3-7-20(18)31-21-8-4-2-6-19(21)27/h1-10,13H,11-12,14H2,(H,26,28). The van der Waals surface area contributed by atoms with E-state index in [0.29, 0.717) is 22.3 Å². The highest BCUT2D eigenvalue weighted by atomic mass is 35.5. The van der Waals surface area contributed by atoms with E-state index in [1.807, 2.05) is 36.4 Å². The Balaban J connectivity index is 1.35. The highest BCUT2D eigenvalue weighted by Gasteiger charge is 2.23. The van der Waals surface area contributed by atoms with Gasteiger partial charge in [-0.05, 0) is 42.5 Å². The molecule has 4 rings (SSSR count). The lowest BCUT2D eigenvalue weighted by Gasteiger charge is -2.32. The molecular formula is C23H18Cl2N2O3S. The van der Waals surface area contributed by atoms with Crippen LogP contribution < -0.4 is 10.2 Å². The molecule has 0 saturated carbocycles. The molecule has 1 amide bonds. The van der Waals surface area contributed by atoms with E-state index >= 15 is 0 Å². The van der Waals surface area contributed by atoms with Gasteiger partial charge in [0.1, 0.15) is 0 Å². The lowest BCUT2D eigenvalue weighted by atomic mass is 10.2. The number of para-hydroxylation sites is 2. The van der Waals surface area contributed by atoms with Crippen molar-refractivity contribution in [3.8, 4) is 0 Å². The van der Waals surface area contributed by atoms with Crippen LogP contribution in [0.25, 0.3) is 0 Å². The number of nitrogens with zero attached hydrogens (tertiary/aromatic N) is 1. The number of esters is 1. The van der Waals surface area contributed by atoms with Crippen molar-refractivity contribution in [3.63, 3.8) is 0 Å². The number of ether oxygens (including phenoxy) is 1. The topological polar surface area (TPSA) is 58.6 Å². The third-order valence-corrected chi connectivity index (χ3v) is 6.33. The van der Waals surface area contributed by atoms with Gasteiger partial charge in [-0.25, -0.2) is 0 Å². The third-order valence-electron chi connectivity index (χ3n) is 4.64. The van der Waals surface area contributed by atoms with Crippen molar-refractivity contribution >= 4 is 63.9 Å². The normalized spacial score (nSPS) is 12.0. The predicted molar refractivity (Wildman–Crippen MR) is 125 cm³/mol. The summed E-state index contributed by atoms with van der Waals surface area (Å²) in [4.78, 5) is 28.8. The van der Waals surface area contributed by atoms with Gasteiger partial charge in [0, 0.05) is 21.4 Å². The fourth-order valence-electron chi connectivity index (χ4n) is 3.22. The summed E-state index contributed by atoms with van der Waals surface area (Å²) in [5.41, 5.74) is 2.47. The number of carbonyl (C=O) groups excluding carboxylic acids is 2. The molecule has 0 atom stereocenters. The number of benzene rings is 3. The first kappa shape index (κ1) is 21.6. The minimum atomic E-state index is -0.484. The Kier molecular flexibility index (Phi) is 6.70. The minimum Gasteiger partial charge on any atom is -0.456 e. The highest BCUT2D eigenvalue weighted by molar-refractivity contribution is 7.99. The van der Waals surface area contributed by atoms with E-state index in [1.165, 1.54) is 6.07 Å². The van der Waals surface area contributed by atoms with Gasteiger partial charge in [-0.2, -0.15) is 0 Å². The number of hydrogen-bond donors (Lipinski definition) is 1. The Bertz CT molecular complexity index is 1090. The minimum absolute atomic E-state index is 0.137. The number of halogens is 2. The van der Waals surface area contributed by atoms with Crippen molar-refractivity contribution in [1.29, 1.82) is 0 Å². The molecule has 0 bridgehead atoms. The van der Waals surface area contributed by atoms with Crippen LogP contribution >= 0.6 is 35.0 Å². The van der Waals surface area contributed by atoms with Crippen molar-refractivity contribution in [2.75, 3.05) is 23.4 Å². The number of carbonyl (C=O) groups is 2. The molecule has 0 unspecified atom stereocenters. The lowest BCUT2D eigenvalue weighted by molar-refractivity contribution is -0.147. The van der Waals surface area contributed by atoms with Crippen LogP contribution in [0.5, 0.6) is 0 Å². The summed E-state index contributed by atoms with van der Waals surface area (Å²) in [7, 11) is 0. The average Bonchev–Trinajstić information content (AvgIpc) is 2.77. The lowest BCUT2D eigenvalue weighted by Crippen LogP contribution is -2.26. The summed E-state index contributed by atoms with van der Waals surface area (Å²) in [5.74, 6) is -0.942. The molecule has 3 aromatic carbocycles. The monoisotopic (exact) mass is 472 g/mol. The molecule has 1 heterocycles. The molecular weight excluding hydrogens is 455 g/mol. The zero-order valence-electron chi connectivity index (χ0n) is 16.3. The van der Waals surface area contributed by atoms with Crippen LogP contribution in [0.15, 0.2) is 76.5 Å². The van der Waals surface area contributed by atoms with Crippen LogP contribution in [0.1, 0.15) is 6.42 Å². The largest absolute Gasteiger partial charge is 0.456 e. The quantitative estimate of drug-likeness (QED) is 0.434. The van der Waals surface area contributed by atoms with Gasteiger partial charge in [0.15, 0.2) is 6.61 Å². The summed E-state index contributed by atoms with van der Waals surface area (Å²) >= 11 is 13.7. The molecule has 0 fully saturated rings. The Morgan fingerprint density at radius 3 is 2.26 bits per heavy atom. The van der Waals surface area contributed by atoms with Crippen molar-refractivity contribution in [2.24, 2.45) is 0 Å². The first-order chi connectivity index (χ1) is 15.0. The molecule has 0 aliphatic carbocycles. The summed E-state index contributed by atoms with van der Waals surface area (Å²) in [6, 6.07) is 20.9. The van der Waals surface area contributed by atoms with Gasteiger partial charge >= 0.3 is 5.97 Å². The van der Waals surface area contributed by atoms with E-state index in [1.54, 1.807) is 23.9 Å². The van der Waals surface area contributed by atoms with Crippen molar-refractivity contribution < 1.29 is 14.3 Å². The van der Waals surface area contributed by atoms with Crippen molar-refractivity contribution in [3.05, 3.63) is 76.8 Å². The van der Waals surface area contributed by atoms with E-state index in [2.05, 4.69) is 22.3 Å². The molecule has 1 N–H and O–H groups in total. The van der Waals surface area contributed by atoms with Crippen LogP contribution in [-0.2, 0) is 14.3 Å². The molecule has 3 aromatic rings. The summed E-state index contributed by atoms with van der Waals surface area (Å²) in [6.07, 6.45) is 0.137. The van der Waals surface area contributed by atoms with Crippen LogP contribution in [0.3, 0.4) is 0 Å². The third kappa shape index (κ3) is 5.15. The Hall–Kier alpha value is -2.67. The van der Waals surface area contributed by atoms with Crippen LogP contribution in [0.2, 0.25) is 10.0 Å². The predicted octanol–water partition coefficient (Wildman–Crippen LogP) is 6.17. The fourth-order valence-corrected chi connectivity index (χ4v) is 4.66. The number of hydrogen-bond acceptors (Lipinski definition) is 5. The van der Waals surface area contributed by atoms with Gasteiger partial charge in [-0.15, -0.1) is 0 Å². The molecule has 1 aliphatic heterocycles. The molecule has 0 aromatic heterocycles. The maximum absolute atomic E-state index is 12.3. The van der Waals surface area contributed by atoms with Gasteiger partial charge in [0.2, 0.25) is 0 Å². The molecule has 5 nitrogen and oxygen atoms in total. The Labute approximate surface area is 194 Å². The number of fused-ring (bicyclic) bond motifs is 2. The second kappa shape index (κ2) is 9.64. The van der Waals surface area contributed by atoms with Gasteiger partial charge < -0.3 is 15.0 Å². The molecule has 0 radical (unpaired) electrons. The zero-order valence-corrected chi connectivity index (χ0v) is 18.6. The first-order valence-electron chi connectivity index (χ1n) is 9.55. The fraction of sp³-hybridized carbons (Fsp3) is 0.130. The van der Waals surface area contributed by atoms with Crippen LogP contribution in [-0.4, -0.2) is 25.0 Å². The molecule has 0 saturated heterocycles. The Morgan fingerprint density at radius 1 is 0.935 bits per heavy atom. The maximum Gasteiger partial charge on any atom is 0.308 e. The van der Waals surface area contributed by atoms with E-state index in [4.69, 9.17) is 27.9 Å². The molecule has 0 spiro atoms. The van der Waals surface area contributed by atoms with Crippen molar-refractivity contribution in [1.82, 2.24) is 0 Å². The molecule has 31 heavy (non-hydrogen) atoms. The van der Waals surface area contributed by atoms with Gasteiger partial charge in [0.25, 0.3) is 5.91 Å². The van der Waals surface area contributed by atoms with E-state index < -0.39 is 18.5 Å². The Morgan fingerprint density at radius 2 is 1.58 bits per heavy atom. The van der Waals surface area contributed by atoms with Gasteiger partial charge in [-0.3, -0.25) is 9.59 Å². The zero-order chi connectivity index (χ0) is 21.8. The second-order valence-corrected chi connectivity index (χ2v) is 8.70. The maximum atomic E-state index is 12.3. The van der Waals surface area contributed by atoms with Gasteiger partial charge in [0.05, 0.1) is 28.5 Å². The van der Waals surface area contributed by atoms with Crippen molar-refractivity contribution in [2.45, 2.75) is 16.2 Å². The number of rotatable bonds is 6. The van der Waals surface area contributed by atoms with E-state index in [0.717, 1.165) is 21.2 Å². The SMILES string of the molecule is O=C(COC(=O)CCN1c2ccccc2Sc2ccccc21)Nc1cc(Cl)ccc1Cl. The van der Waals surface area contributed by atoms with Crippen LogP contribution in [0.4, 0.5) is 17.1 Å². The van der Waals surface area contributed by atoms with Gasteiger partial charge in [-0.1, -0.05) is 59.2 Å².